The van der Waals surface area contributed by atoms with E-state index in [1.807, 2.05) is 42.1 Å². The van der Waals surface area contributed by atoms with Gasteiger partial charge in [0, 0.05) is 42.9 Å². The molecule has 1 aliphatic rings. The van der Waals surface area contributed by atoms with Crippen LogP contribution in [0, 0.1) is 29.1 Å². The molecule has 0 spiro atoms. The van der Waals surface area contributed by atoms with Crippen LogP contribution in [-0.4, -0.2) is 32.4 Å². The summed E-state index contributed by atoms with van der Waals surface area (Å²) in [5.74, 6) is -12.1. The fourth-order valence-corrected chi connectivity index (χ4v) is 5.35. The quantitative estimate of drug-likeness (QED) is 0.108. The lowest BCUT2D eigenvalue weighted by molar-refractivity contribution is -0.245. The molecule has 1 fully saturated rings. The number of rotatable bonds is 8. The number of nitrogens with one attached hydrogen (secondary N) is 1. The monoisotopic (exact) mass is 605 g/mol. The molecule has 0 radical (unpaired) electrons. The van der Waals surface area contributed by atoms with Crippen molar-refractivity contribution >= 4 is 23.4 Å². The van der Waals surface area contributed by atoms with Gasteiger partial charge in [0.1, 0.15) is 5.56 Å². The predicted molar refractivity (Wildman–Crippen MR) is 143 cm³/mol. The minimum absolute atomic E-state index is 0.0431. The molecule has 2 N–H and O–H groups in total. The van der Waals surface area contributed by atoms with Gasteiger partial charge in [-0.3, -0.25) is 4.79 Å². The molecule has 1 aliphatic heterocycles. The van der Waals surface area contributed by atoms with Gasteiger partial charge in [0.05, 0.1) is 18.8 Å². The second-order valence-corrected chi connectivity index (χ2v) is 10.5. The van der Waals surface area contributed by atoms with Crippen LogP contribution >= 0.6 is 11.8 Å². The maximum atomic E-state index is 14.1. The van der Waals surface area contributed by atoms with Gasteiger partial charge in [0.2, 0.25) is 5.82 Å². The van der Waals surface area contributed by atoms with Gasteiger partial charge >= 0.3 is 0 Å². The van der Waals surface area contributed by atoms with E-state index in [1.165, 1.54) is 23.9 Å². The standard InChI is InChI=1S/C29H24F5N3O4S/c1-37-11-10-35-29(37)42-14-19-12-20(16-4-2-15(13-38)3-5-16)41-28(40-19)17-6-8-18(9-7-17)36-27(39)21-22(30)24(32)26(34)25(33)23(21)31/h2-11,19-20,28,38H,12-14H2,1H3,(H,36,39)/t19-,20+,28+/m0/s1. The third kappa shape index (κ3) is 6.19. The maximum Gasteiger partial charge on any atom is 0.261 e. The normalized spacial score (nSPS) is 18.7. The van der Waals surface area contributed by atoms with E-state index < -0.39 is 46.8 Å². The Morgan fingerprint density at radius 1 is 0.952 bits per heavy atom. The number of carbonyl (C=O) groups excluding carboxylic acids is 1. The summed E-state index contributed by atoms with van der Waals surface area (Å²) in [6.07, 6.45) is 2.66. The number of carbonyl (C=O) groups is 1. The van der Waals surface area contributed by atoms with Crippen molar-refractivity contribution in [3.05, 3.63) is 112 Å². The van der Waals surface area contributed by atoms with Crippen LogP contribution in [0.15, 0.2) is 66.1 Å². The number of benzene rings is 3. The highest BCUT2D eigenvalue weighted by Gasteiger charge is 2.33. The van der Waals surface area contributed by atoms with Crippen LogP contribution in [0.1, 0.15) is 45.9 Å². The van der Waals surface area contributed by atoms with Crippen LogP contribution < -0.4 is 5.32 Å². The second kappa shape index (κ2) is 12.6. The summed E-state index contributed by atoms with van der Waals surface area (Å²) in [5.41, 5.74) is 0.666. The van der Waals surface area contributed by atoms with Crippen molar-refractivity contribution < 1.29 is 41.3 Å². The minimum Gasteiger partial charge on any atom is -0.392 e. The van der Waals surface area contributed by atoms with Crippen LogP contribution in [0.25, 0.3) is 0 Å². The van der Waals surface area contributed by atoms with Crippen LogP contribution in [0.2, 0.25) is 0 Å². The molecular formula is C29H24F5N3O4S. The first-order valence-electron chi connectivity index (χ1n) is 12.7. The SMILES string of the molecule is Cn1ccnc1SC[C@@H]1C[C@H](c2ccc(CO)cc2)O[C@H](c2ccc(NC(=O)c3c(F)c(F)c(F)c(F)c3F)cc2)O1. The van der Waals surface area contributed by atoms with Crippen LogP contribution in [-0.2, 0) is 23.1 Å². The Morgan fingerprint density at radius 3 is 2.17 bits per heavy atom. The van der Waals surface area contributed by atoms with Gasteiger partial charge in [-0.1, -0.05) is 48.2 Å². The second-order valence-electron chi connectivity index (χ2n) is 9.50. The lowest BCUT2D eigenvalue weighted by Gasteiger charge is -2.36. The number of aliphatic hydroxyl groups excluding tert-OH is 1. The van der Waals surface area contributed by atoms with E-state index in [-0.39, 0.29) is 24.5 Å². The van der Waals surface area contributed by atoms with Crippen molar-refractivity contribution in [3.8, 4) is 0 Å². The van der Waals surface area contributed by atoms with E-state index in [9.17, 15) is 31.9 Å². The molecule has 2 heterocycles. The molecule has 220 valence electrons. The molecule has 3 aromatic carbocycles. The van der Waals surface area contributed by atoms with Crippen LogP contribution in [0.4, 0.5) is 27.6 Å². The lowest BCUT2D eigenvalue weighted by atomic mass is 10.0. The topological polar surface area (TPSA) is 85.6 Å². The third-order valence-electron chi connectivity index (χ3n) is 6.67. The maximum absolute atomic E-state index is 14.1. The van der Waals surface area contributed by atoms with E-state index in [4.69, 9.17) is 9.47 Å². The Hall–Kier alpha value is -3.78. The largest absolute Gasteiger partial charge is 0.392 e. The van der Waals surface area contributed by atoms with Gasteiger partial charge in [-0.2, -0.15) is 0 Å². The zero-order chi connectivity index (χ0) is 30.0. The smallest absolute Gasteiger partial charge is 0.261 e. The zero-order valence-corrected chi connectivity index (χ0v) is 22.8. The molecule has 3 atom stereocenters. The number of hydrogen-bond donors (Lipinski definition) is 2. The first-order valence-corrected chi connectivity index (χ1v) is 13.7. The number of amides is 1. The average molecular weight is 606 g/mol. The number of imidazole rings is 1. The molecule has 0 aliphatic carbocycles. The Morgan fingerprint density at radius 2 is 1.57 bits per heavy atom. The van der Waals surface area contributed by atoms with Gasteiger partial charge in [-0.15, -0.1) is 0 Å². The first-order chi connectivity index (χ1) is 20.2. The van der Waals surface area contributed by atoms with E-state index in [2.05, 4.69) is 10.3 Å². The lowest BCUT2D eigenvalue weighted by Crippen LogP contribution is -2.31. The molecule has 1 saturated heterocycles. The van der Waals surface area contributed by atoms with Crippen LogP contribution in [0.3, 0.4) is 0 Å². The van der Waals surface area contributed by atoms with Crippen molar-refractivity contribution in [2.45, 2.75) is 36.7 Å². The Bertz CT molecular complexity index is 1550. The highest BCUT2D eigenvalue weighted by Crippen LogP contribution is 2.39. The molecule has 5 rings (SSSR count). The molecule has 0 bridgehead atoms. The molecule has 0 unspecified atom stereocenters. The highest BCUT2D eigenvalue weighted by molar-refractivity contribution is 7.99. The molecule has 13 heteroatoms. The number of aryl methyl sites for hydroxylation is 1. The molecule has 1 aromatic heterocycles. The number of thioether (sulfide) groups is 1. The zero-order valence-electron chi connectivity index (χ0n) is 22.0. The van der Waals surface area contributed by atoms with Crippen LogP contribution in [0.5, 0.6) is 0 Å². The van der Waals surface area contributed by atoms with E-state index in [1.54, 1.807) is 18.3 Å². The summed E-state index contributed by atoms with van der Waals surface area (Å²) < 4.78 is 83.0. The minimum atomic E-state index is -2.35. The molecule has 7 nitrogen and oxygen atoms in total. The van der Waals surface area contributed by atoms with Gasteiger partial charge in [0.25, 0.3) is 5.91 Å². The van der Waals surface area contributed by atoms with Crippen molar-refractivity contribution in [1.82, 2.24) is 9.55 Å². The van der Waals surface area contributed by atoms with Crippen molar-refractivity contribution in [2.24, 2.45) is 7.05 Å². The van der Waals surface area contributed by atoms with Crippen molar-refractivity contribution in [1.29, 1.82) is 0 Å². The summed E-state index contributed by atoms with van der Waals surface area (Å²) in [6, 6.07) is 13.3. The van der Waals surface area contributed by atoms with Gasteiger partial charge in [0.15, 0.2) is 34.7 Å². The summed E-state index contributed by atoms with van der Waals surface area (Å²) in [7, 11) is 1.89. The Kier molecular flexibility index (Phi) is 8.92. The highest BCUT2D eigenvalue weighted by atomic mass is 32.2. The first kappa shape index (κ1) is 29.7. The summed E-state index contributed by atoms with van der Waals surface area (Å²) in [5, 5.41) is 12.4. The number of anilines is 1. The number of ether oxygens (including phenoxy) is 2. The molecular weight excluding hydrogens is 581 g/mol. The molecule has 1 amide bonds. The fourth-order valence-electron chi connectivity index (χ4n) is 4.40. The molecule has 0 saturated carbocycles. The number of halogens is 5. The van der Waals surface area contributed by atoms with E-state index in [0.717, 1.165) is 16.3 Å². The molecule has 42 heavy (non-hydrogen) atoms. The number of aromatic nitrogens is 2. The van der Waals surface area contributed by atoms with Crippen molar-refractivity contribution in [2.75, 3.05) is 11.1 Å². The Balaban J connectivity index is 1.34. The summed E-state index contributed by atoms with van der Waals surface area (Å²) in [6.45, 7) is -0.0896. The average Bonchev–Trinajstić information content (AvgIpc) is 3.42. The fraction of sp³-hybridized carbons (Fsp3) is 0.241. The number of nitrogens with zero attached hydrogens (tertiary/aromatic N) is 2. The summed E-state index contributed by atoms with van der Waals surface area (Å²) >= 11 is 1.53. The van der Waals surface area contributed by atoms with E-state index >= 15 is 0 Å². The van der Waals surface area contributed by atoms with Crippen molar-refractivity contribution in [3.63, 3.8) is 0 Å². The van der Waals surface area contributed by atoms with E-state index in [0.29, 0.717) is 17.7 Å². The Labute approximate surface area is 241 Å². The number of aliphatic hydroxyl groups is 1. The molecule has 4 aromatic rings. The third-order valence-corrected chi connectivity index (χ3v) is 7.86. The van der Waals surface area contributed by atoms with Gasteiger partial charge in [-0.25, -0.2) is 26.9 Å². The van der Waals surface area contributed by atoms with Gasteiger partial charge in [-0.05, 0) is 23.3 Å². The number of hydrogen-bond acceptors (Lipinski definition) is 6. The predicted octanol–water partition coefficient (Wildman–Crippen LogP) is 6.20. The van der Waals surface area contributed by atoms with Gasteiger partial charge < -0.3 is 24.5 Å². The summed E-state index contributed by atoms with van der Waals surface area (Å²) in [4.78, 5) is 16.7.